The van der Waals surface area contributed by atoms with Crippen LogP contribution in [0, 0.1) is 5.41 Å². The molecule has 20 heavy (non-hydrogen) atoms. The molecule has 0 rings (SSSR count). The van der Waals surface area contributed by atoms with Crippen molar-refractivity contribution in [3.05, 3.63) is 11.6 Å². The van der Waals surface area contributed by atoms with Gasteiger partial charge in [-0.1, -0.05) is 25.2 Å². The second-order valence-corrected chi connectivity index (χ2v) is 13.1. The van der Waals surface area contributed by atoms with Gasteiger partial charge in [0, 0.05) is 12.5 Å². The topological polar surface area (TPSA) is 43.4 Å². The molecular weight excluding hydrogens is 268 g/mol. The summed E-state index contributed by atoms with van der Waals surface area (Å²) in [6.45, 7) is 14.4. The molecule has 3 nitrogen and oxygen atoms in total. The highest BCUT2D eigenvalue weighted by Crippen LogP contribution is 2.16. The van der Waals surface area contributed by atoms with Crippen LogP contribution in [0.3, 0.4) is 0 Å². The highest BCUT2D eigenvalue weighted by molar-refractivity contribution is 6.78. The van der Waals surface area contributed by atoms with Gasteiger partial charge in [0.1, 0.15) is 12.4 Å². The van der Waals surface area contributed by atoms with Crippen LogP contribution in [-0.2, 0) is 14.3 Å². The predicted molar refractivity (Wildman–Crippen MR) is 86.6 cm³/mol. The molecular formula is C16H30O3Si. The second-order valence-electron chi connectivity index (χ2n) is 7.68. The third kappa shape index (κ3) is 9.95. The van der Waals surface area contributed by atoms with E-state index in [0.29, 0.717) is 18.8 Å². The van der Waals surface area contributed by atoms with E-state index in [1.807, 2.05) is 33.8 Å². The molecule has 0 aromatic rings. The number of hydrogen-bond acceptors (Lipinski definition) is 3. The van der Waals surface area contributed by atoms with Crippen LogP contribution in [0.5, 0.6) is 0 Å². The normalized spacial score (nSPS) is 13.2. The first kappa shape index (κ1) is 19.1. The maximum Gasteiger partial charge on any atom is 0.311 e. The molecule has 0 bridgehead atoms. The smallest absolute Gasteiger partial charge is 0.311 e. The van der Waals surface area contributed by atoms with Gasteiger partial charge >= 0.3 is 5.97 Å². The minimum absolute atomic E-state index is 0.198. The molecule has 0 amide bonds. The standard InChI is InChI=1S/C16H30O3Si/c1-13(8-9-14(17)12-20(5,6)7)10-11-19-15(18)16(2,3)4/h10H,8-9,11-12H2,1-7H3/b13-10+. The van der Waals surface area contributed by atoms with Crippen molar-refractivity contribution < 1.29 is 14.3 Å². The number of hydrogen-bond donors (Lipinski definition) is 0. The van der Waals surface area contributed by atoms with Gasteiger partial charge in [-0.05, 0) is 40.2 Å². The number of rotatable bonds is 7. The summed E-state index contributed by atoms with van der Waals surface area (Å²) in [5.41, 5.74) is 0.644. The van der Waals surface area contributed by atoms with Crippen LogP contribution in [0.1, 0.15) is 40.5 Å². The first-order valence-electron chi connectivity index (χ1n) is 7.26. The lowest BCUT2D eigenvalue weighted by molar-refractivity contribution is -0.151. The van der Waals surface area contributed by atoms with Gasteiger partial charge in [0.25, 0.3) is 0 Å². The van der Waals surface area contributed by atoms with Crippen LogP contribution in [-0.4, -0.2) is 26.4 Å². The summed E-state index contributed by atoms with van der Waals surface area (Å²) in [7, 11) is -1.29. The van der Waals surface area contributed by atoms with E-state index in [-0.39, 0.29) is 5.97 Å². The number of Topliss-reactive ketones (excluding diaryl/α,β-unsaturated/α-hetero) is 1. The fourth-order valence-electron chi connectivity index (χ4n) is 1.59. The summed E-state index contributed by atoms with van der Waals surface area (Å²) < 4.78 is 5.17. The molecule has 0 saturated heterocycles. The average Bonchev–Trinajstić information content (AvgIpc) is 2.22. The molecule has 0 aromatic heterocycles. The zero-order valence-electron chi connectivity index (χ0n) is 14.1. The van der Waals surface area contributed by atoms with Crippen molar-refractivity contribution in [3.8, 4) is 0 Å². The summed E-state index contributed by atoms with van der Waals surface area (Å²) in [6.07, 6.45) is 3.25. The molecule has 0 radical (unpaired) electrons. The quantitative estimate of drug-likeness (QED) is 0.402. The van der Waals surface area contributed by atoms with Gasteiger partial charge in [-0.2, -0.15) is 0 Å². The van der Waals surface area contributed by atoms with Crippen molar-refractivity contribution in [2.75, 3.05) is 6.61 Å². The molecule has 0 N–H and O–H groups in total. The molecule has 0 aliphatic heterocycles. The van der Waals surface area contributed by atoms with Crippen LogP contribution in [0.25, 0.3) is 0 Å². The Bertz CT molecular complexity index is 370. The van der Waals surface area contributed by atoms with Crippen molar-refractivity contribution in [3.63, 3.8) is 0 Å². The predicted octanol–water partition coefficient (Wildman–Crippen LogP) is 4.21. The second kappa shape index (κ2) is 7.77. The van der Waals surface area contributed by atoms with Gasteiger partial charge in [0.15, 0.2) is 0 Å². The van der Waals surface area contributed by atoms with E-state index < -0.39 is 13.5 Å². The van der Waals surface area contributed by atoms with Crippen LogP contribution < -0.4 is 0 Å². The Balaban J connectivity index is 4.04. The first-order valence-corrected chi connectivity index (χ1v) is 11.0. The molecule has 0 aromatic carbocycles. The van der Waals surface area contributed by atoms with Crippen LogP contribution in [0.15, 0.2) is 11.6 Å². The Morgan fingerprint density at radius 1 is 1.10 bits per heavy atom. The molecule has 0 aliphatic rings. The minimum Gasteiger partial charge on any atom is -0.461 e. The third-order valence-electron chi connectivity index (χ3n) is 2.78. The molecule has 0 fully saturated rings. The highest BCUT2D eigenvalue weighted by Gasteiger charge is 2.22. The summed E-state index contributed by atoms with van der Waals surface area (Å²) in [5.74, 6) is 0.153. The van der Waals surface area contributed by atoms with Gasteiger partial charge in [-0.3, -0.25) is 4.79 Å². The molecule has 0 unspecified atom stereocenters. The van der Waals surface area contributed by atoms with E-state index in [1.54, 1.807) is 0 Å². The van der Waals surface area contributed by atoms with E-state index in [2.05, 4.69) is 19.6 Å². The summed E-state index contributed by atoms with van der Waals surface area (Å²) in [6, 6.07) is 0.749. The molecule has 116 valence electrons. The zero-order valence-corrected chi connectivity index (χ0v) is 15.1. The number of esters is 1. The summed E-state index contributed by atoms with van der Waals surface area (Å²) >= 11 is 0. The fraction of sp³-hybridized carbons (Fsp3) is 0.750. The Morgan fingerprint density at radius 2 is 1.65 bits per heavy atom. The monoisotopic (exact) mass is 298 g/mol. The zero-order chi connectivity index (χ0) is 16.0. The SMILES string of the molecule is C/C(=C\COC(=O)C(C)(C)C)CCC(=O)C[Si](C)(C)C. The molecule has 0 spiro atoms. The minimum atomic E-state index is -1.29. The summed E-state index contributed by atoms with van der Waals surface area (Å²) in [5, 5.41) is 0. The van der Waals surface area contributed by atoms with E-state index in [0.717, 1.165) is 18.0 Å². The van der Waals surface area contributed by atoms with E-state index >= 15 is 0 Å². The van der Waals surface area contributed by atoms with Crippen molar-refractivity contribution >= 4 is 19.8 Å². The largest absolute Gasteiger partial charge is 0.461 e. The number of ketones is 1. The molecule has 0 atom stereocenters. The fourth-order valence-corrected chi connectivity index (χ4v) is 2.95. The maximum absolute atomic E-state index is 11.8. The lowest BCUT2D eigenvalue weighted by Gasteiger charge is -2.16. The van der Waals surface area contributed by atoms with Crippen molar-refractivity contribution in [1.29, 1.82) is 0 Å². The van der Waals surface area contributed by atoms with Crippen molar-refractivity contribution in [2.45, 2.75) is 66.2 Å². The van der Waals surface area contributed by atoms with Crippen LogP contribution in [0.4, 0.5) is 0 Å². The number of carbonyl (C=O) groups excluding carboxylic acids is 2. The van der Waals surface area contributed by atoms with Gasteiger partial charge in [0.05, 0.1) is 13.5 Å². The lowest BCUT2D eigenvalue weighted by atomic mass is 9.97. The van der Waals surface area contributed by atoms with Gasteiger partial charge in [-0.15, -0.1) is 0 Å². The Kier molecular flexibility index (Phi) is 7.42. The highest BCUT2D eigenvalue weighted by atomic mass is 28.3. The molecule has 0 aliphatic carbocycles. The number of allylic oxidation sites excluding steroid dienone is 1. The number of ether oxygens (including phenoxy) is 1. The number of carbonyl (C=O) groups is 2. The lowest BCUT2D eigenvalue weighted by Crippen LogP contribution is -2.23. The van der Waals surface area contributed by atoms with Gasteiger partial charge < -0.3 is 9.53 Å². The van der Waals surface area contributed by atoms with Crippen molar-refractivity contribution in [1.82, 2.24) is 0 Å². The van der Waals surface area contributed by atoms with Crippen molar-refractivity contribution in [2.24, 2.45) is 5.41 Å². The average molecular weight is 298 g/mol. The Labute approximate surface area is 124 Å². The molecule has 0 heterocycles. The Hall–Kier alpha value is -0.903. The van der Waals surface area contributed by atoms with Crippen LogP contribution >= 0.6 is 0 Å². The third-order valence-corrected chi connectivity index (χ3v) is 4.24. The summed E-state index contributed by atoms with van der Waals surface area (Å²) in [4.78, 5) is 23.4. The first-order chi connectivity index (χ1) is 8.92. The Morgan fingerprint density at radius 3 is 2.10 bits per heavy atom. The van der Waals surface area contributed by atoms with E-state index in [1.165, 1.54) is 0 Å². The van der Waals surface area contributed by atoms with Gasteiger partial charge in [-0.25, -0.2) is 0 Å². The van der Waals surface area contributed by atoms with E-state index in [9.17, 15) is 9.59 Å². The maximum atomic E-state index is 11.8. The van der Waals surface area contributed by atoms with Crippen LogP contribution in [0.2, 0.25) is 25.7 Å². The van der Waals surface area contributed by atoms with E-state index in [4.69, 9.17) is 4.74 Å². The van der Waals surface area contributed by atoms with Gasteiger partial charge in [0.2, 0.25) is 0 Å². The molecule has 0 saturated carbocycles. The molecule has 4 heteroatoms.